The number of likely N-dealkylation sites (N-methyl/N-ethyl adjacent to an activating group) is 1. The van der Waals surface area contributed by atoms with Crippen LogP contribution in [0.5, 0.6) is 11.5 Å². The Bertz CT molecular complexity index is 1250. The SMILES string of the molecule is CN1CC[C@@H](c2c(O)cc(O)c3c(=O)cc(-c4ccc(C(C)(F)F)cc4Cl)oc23)[C@@H]1CO. The number of fused-ring (bicyclic) bond motifs is 1. The number of alkyl halides is 2. The molecule has 1 aliphatic heterocycles. The fourth-order valence-corrected chi connectivity index (χ4v) is 4.69. The molecule has 170 valence electrons. The summed E-state index contributed by atoms with van der Waals surface area (Å²) in [4.78, 5) is 14.8. The van der Waals surface area contributed by atoms with Crippen molar-refractivity contribution >= 4 is 22.6 Å². The zero-order valence-electron chi connectivity index (χ0n) is 17.4. The number of rotatable bonds is 4. The van der Waals surface area contributed by atoms with Crippen LogP contribution in [0.15, 0.2) is 39.5 Å². The summed E-state index contributed by atoms with van der Waals surface area (Å²) in [7, 11) is 1.84. The summed E-state index contributed by atoms with van der Waals surface area (Å²) in [6.45, 7) is 1.23. The molecule has 2 heterocycles. The van der Waals surface area contributed by atoms with Crippen molar-refractivity contribution in [2.45, 2.75) is 31.2 Å². The molecule has 32 heavy (non-hydrogen) atoms. The molecule has 0 saturated carbocycles. The van der Waals surface area contributed by atoms with Gasteiger partial charge in [0.25, 0.3) is 5.92 Å². The summed E-state index contributed by atoms with van der Waals surface area (Å²) in [6.07, 6.45) is 0.587. The Balaban J connectivity index is 1.96. The van der Waals surface area contributed by atoms with Crippen LogP contribution in [-0.4, -0.2) is 46.5 Å². The van der Waals surface area contributed by atoms with Gasteiger partial charge in [0.2, 0.25) is 0 Å². The number of aliphatic hydroxyl groups is 1. The highest BCUT2D eigenvalue weighted by atomic mass is 35.5. The molecule has 1 saturated heterocycles. The van der Waals surface area contributed by atoms with E-state index in [-0.39, 0.29) is 57.2 Å². The van der Waals surface area contributed by atoms with E-state index in [4.69, 9.17) is 16.0 Å². The van der Waals surface area contributed by atoms with E-state index >= 15 is 0 Å². The molecule has 0 unspecified atom stereocenters. The van der Waals surface area contributed by atoms with Gasteiger partial charge in [0.15, 0.2) is 5.43 Å². The van der Waals surface area contributed by atoms with Crippen LogP contribution in [0, 0.1) is 0 Å². The van der Waals surface area contributed by atoms with Gasteiger partial charge < -0.3 is 24.6 Å². The average Bonchev–Trinajstić information content (AvgIpc) is 3.06. The third-order valence-electron chi connectivity index (χ3n) is 6.12. The van der Waals surface area contributed by atoms with Crippen LogP contribution in [0.2, 0.25) is 5.02 Å². The Kier molecular flexibility index (Phi) is 5.65. The number of hydrogen-bond donors (Lipinski definition) is 3. The zero-order valence-corrected chi connectivity index (χ0v) is 18.2. The predicted molar refractivity (Wildman–Crippen MR) is 117 cm³/mol. The number of aliphatic hydroxyl groups excluding tert-OH is 1. The van der Waals surface area contributed by atoms with Gasteiger partial charge in [-0.2, -0.15) is 0 Å². The van der Waals surface area contributed by atoms with E-state index < -0.39 is 17.1 Å². The molecular weight excluding hydrogens is 444 g/mol. The second-order valence-electron chi connectivity index (χ2n) is 8.22. The van der Waals surface area contributed by atoms with Crippen LogP contribution >= 0.6 is 11.6 Å². The third kappa shape index (κ3) is 3.72. The molecule has 3 aromatic rings. The highest BCUT2D eigenvalue weighted by molar-refractivity contribution is 6.33. The average molecular weight is 466 g/mol. The van der Waals surface area contributed by atoms with Gasteiger partial charge in [0, 0.05) is 47.7 Å². The molecule has 3 N–H and O–H groups in total. The minimum absolute atomic E-state index is 0.0108. The van der Waals surface area contributed by atoms with Gasteiger partial charge in [-0.3, -0.25) is 4.79 Å². The van der Waals surface area contributed by atoms with E-state index in [1.54, 1.807) is 0 Å². The van der Waals surface area contributed by atoms with Gasteiger partial charge in [-0.05, 0) is 32.1 Å². The topological polar surface area (TPSA) is 94.1 Å². The first-order chi connectivity index (χ1) is 15.0. The number of aromatic hydroxyl groups is 2. The molecular formula is C23H22ClF2NO5. The lowest BCUT2D eigenvalue weighted by molar-refractivity contribution is 0.0175. The van der Waals surface area contributed by atoms with Gasteiger partial charge in [-0.1, -0.05) is 17.7 Å². The first-order valence-electron chi connectivity index (χ1n) is 10.0. The molecule has 4 rings (SSSR count). The van der Waals surface area contributed by atoms with Crippen molar-refractivity contribution in [3.63, 3.8) is 0 Å². The predicted octanol–water partition coefficient (Wildman–Crippen LogP) is 4.42. The Morgan fingerprint density at radius 2 is 1.94 bits per heavy atom. The minimum atomic E-state index is -3.09. The second-order valence-corrected chi connectivity index (χ2v) is 8.62. The van der Waals surface area contributed by atoms with E-state index in [2.05, 4.69) is 0 Å². The van der Waals surface area contributed by atoms with Crippen molar-refractivity contribution < 1.29 is 28.5 Å². The first kappa shape index (κ1) is 22.5. The fourth-order valence-electron chi connectivity index (χ4n) is 4.41. The Morgan fingerprint density at radius 3 is 2.56 bits per heavy atom. The fraction of sp³-hybridized carbons (Fsp3) is 0.348. The molecule has 0 bridgehead atoms. The molecule has 0 aliphatic carbocycles. The van der Waals surface area contributed by atoms with Crippen molar-refractivity contribution in [2.75, 3.05) is 20.2 Å². The van der Waals surface area contributed by atoms with Crippen LogP contribution in [-0.2, 0) is 5.92 Å². The highest BCUT2D eigenvalue weighted by Gasteiger charge is 2.36. The number of likely N-dealkylation sites (tertiary alicyclic amines) is 1. The molecule has 9 heteroatoms. The van der Waals surface area contributed by atoms with Crippen LogP contribution in [0.3, 0.4) is 0 Å². The summed E-state index contributed by atoms with van der Waals surface area (Å²) in [6, 6.07) is 5.53. The number of benzene rings is 2. The Morgan fingerprint density at radius 1 is 1.22 bits per heavy atom. The standard InChI is InChI=1S/C23H22ClF2NO5/c1-23(25,26)11-3-4-12(14(24)7-11)19-9-18(31)21-17(30)8-16(29)20(22(21)32-19)13-5-6-27(2)15(13)10-28/h3-4,7-9,13,15,28-30H,5-6,10H2,1-2H3/t13-,15+/m1/s1. The Hall–Kier alpha value is -2.68. The summed E-state index contributed by atoms with van der Waals surface area (Å²) >= 11 is 6.23. The molecule has 0 spiro atoms. The lowest BCUT2D eigenvalue weighted by Gasteiger charge is -2.24. The van der Waals surface area contributed by atoms with Gasteiger partial charge in [-0.15, -0.1) is 0 Å². The smallest absolute Gasteiger partial charge is 0.270 e. The van der Waals surface area contributed by atoms with Crippen molar-refractivity contribution in [1.82, 2.24) is 4.90 Å². The van der Waals surface area contributed by atoms with E-state index in [9.17, 15) is 28.9 Å². The summed E-state index contributed by atoms with van der Waals surface area (Å²) in [5.41, 5.74) is -0.370. The monoisotopic (exact) mass is 465 g/mol. The second kappa shape index (κ2) is 8.03. The third-order valence-corrected chi connectivity index (χ3v) is 6.43. The van der Waals surface area contributed by atoms with E-state index in [0.29, 0.717) is 18.5 Å². The summed E-state index contributed by atoms with van der Waals surface area (Å²) < 4.78 is 33.3. The van der Waals surface area contributed by atoms with Crippen molar-refractivity contribution in [3.8, 4) is 22.8 Å². The first-order valence-corrected chi connectivity index (χ1v) is 10.4. The van der Waals surface area contributed by atoms with E-state index in [1.165, 1.54) is 12.1 Å². The van der Waals surface area contributed by atoms with Crippen molar-refractivity contribution in [2.24, 2.45) is 0 Å². The maximum atomic E-state index is 13.6. The molecule has 2 atom stereocenters. The number of nitrogens with zero attached hydrogens (tertiary/aromatic N) is 1. The molecule has 1 aromatic heterocycles. The maximum absolute atomic E-state index is 13.6. The van der Waals surface area contributed by atoms with Crippen LogP contribution in [0.1, 0.15) is 30.4 Å². The number of phenolic OH excluding ortho intramolecular Hbond substituents is 2. The number of phenols is 2. The normalized spacial score (nSPS) is 19.7. The lowest BCUT2D eigenvalue weighted by atomic mass is 9.89. The van der Waals surface area contributed by atoms with E-state index in [0.717, 1.165) is 25.1 Å². The molecule has 1 fully saturated rings. The van der Waals surface area contributed by atoms with Crippen LogP contribution < -0.4 is 5.43 Å². The summed E-state index contributed by atoms with van der Waals surface area (Å²) in [5.74, 6) is -4.15. The molecule has 0 amide bonds. The largest absolute Gasteiger partial charge is 0.507 e. The lowest BCUT2D eigenvalue weighted by Crippen LogP contribution is -2.32. The van der Waals surface area contributed by atoms with Crippen LogP contribution in [0.4, 0.5) is 8.78 Å². The number of halogens is 3. The van der Waals surface area contributed by atoms with Crippen LogP contribution in [0.25, 0.3) is 22.3 Å². The van der Waals surface area contributed by atoms with E-state index in [1.807, 2.05) is 11.9 Å². The van der Waals surface area contributed by atoms with Gasteiger partial charge >= 0.3 is 0 Å². The minimum Gasteiger partial charge on any atom is -0.507 e. The number of hydrogen-bond acceptors (Lipinski definition) is 6. The molecule has 6 nitrogen and oxygen atoms in total. The zero-order chi connectivity index (χ0) is 23.4. The Labute approximate surface area is 187 Å². The highest BCUT2D eigenvalue weighted by Crippen LogP contribution is 2.44. The quantitative estimate of drug-likeness (QED) is 0.528. The molecule has 2 aromatic carbocycles. The molecule has 1 aliphatic rings. The van der Waals surface area contributed by atoms with Gasteiger partial charge in [-0.25, -0.2) is 8.78 Å². The van der Waals surface area contributed by atoms with Gasteiger partial charge in [0.1, 0.15) is 28.2 Å². The van der Waals surface area contributed by atoms with Crippen molar-refractivity contribution in [1.29, 1.82) is 0 Å². The van der Waals surface area contributed by atoms with Gasteiger partial charge in [0.05, 0.1) is 11.6 Å². The van der Waals surface area contributed by atoms with Crippen molar-refractivity contribution in [3.05, 3.63) is 56.7 Å². The molecule has 0 radical (unpaired) electrons. The summed E-state index contributed by atoms with van der Waals surface area (Å²) in [5, 5.41) is 30.7. The maximum Gasteiger partial charge on any atom is 0.270 e.